The molecule has 23 heavy (non-hydrogen) atoms. The van der Waals surface area contributed by atoms with Crippen molar-refractivity contribution >= 4 is 39.4 Å². The quantitative estimate of drug-likeness (QED) is 0.643. The van der Waals surface area contributed by atoms with Crippen LogP contribution in [0.5, 0.6) is 0 Å². The fourth-order valence-electron chi connectivity index (χ4n) is 2.08. The Kier molecular flexibility index (Phi) is 5.04. The number of imidazole rings is 1. The smallest absolute Gasteiger partial charge is 0.261 e. The van der Waals surface area contributed by atoms with Crippen LogP contribution in [0.3, 0.4) is 0 Å². The monoisotopic (exact) mass is 348 g/mol. The Morgan fingerprint density at radius 1 is 1.22 bits per heavy atom. The van der Waals surface area contributed by atoms with Gasteiger partial charge in [-0.05, 0) is 17.9 Å². The zero-order valence-corrected chi connectivity index (χ0v) is 14.0. The first-order chi connectivity index (χ1) is 11.2. The molecule has 0 saturated carbocycles. The number of hydrogen-bond acceptors (Lipinski definition) is 5. The predicted octanol–water partition coefficient (Wildman–Crippen LogP) is 2.28. The van der Waals surface area contributed by atoms with E-state index in [-0.39, 0.29) is 11.8 Å². The lowest BCUT2D eigenvalue weighted by atomic mass is 10.3. The minimum Gasteiger partial charge on any atom is -0.351 e. The number of carbonyl (C=O) groups excluding carboxylic acids is 2. The van der Waals surface area contributed by atoms with E-state index < -0.39 is 0 Å². The van der Waals surface area contributed by atoms with Gasteiger partial charge >= 0.3 is 0 Å². The molecule has 0 aromatic carbocycles. The van der Waals surface area contributed by atoms with Crippen molar-refractivity contribution in [3.8, 4) is 0 Å². The van der Waals surface area contributed by atoms with Crippen LogP contribution in [0, 0.1) is 0 Å². The van der Waals surface area contributed by atoms with Gasteiger partial charge in [-0.3, -0.25) is 14.0 Å². The van der Waals surface area contributed by atoms with Crippen LogP contribution in [-0.2, 0) is 11.3 Å². The van der Waals surface area contributed by atoms with Gasteiger partial charge < -0.3 is 10.6 Å². The molecule has 0 radical (unpaired) electrons. The number of fused-ring (bicyclic) bond motifs is 1. The van der Waals surface area contributed by atoms with Crippen molar-refractivity contribution in [1.29, 1.82) is 0 Å². The summed E-state index contributed by atoms with van der Waals surface area (Å²) in [5.74, 6) is -0.120. The van der Waals surface area contributed by atoms with Gasteiger partial charge in [0.25, 0.3) is 5.91 Å². The molecule has 0 aliphatic heterocycles. The molecule has 3 aromatic rings. The number of aromatic nitrogens is 2. The molecule has 0 fully saturated rings. The van der Waals surface area contributed by atoms with Gasteiger partial charge in [-0.25, -0.2) is 4.98 Å². The van der Waals surface area contributed by atoms with Crippen molar-refractivity contribution in [3.05, 3.63) is 45.9 Å². The van der Waals surface area contributed by atoms with E-state index >= 15 is 0 Å². The zero-order chi connectivity index (χ0) is 16.1. The van der Waals surface area contributed by atoms with Crippen LogP contribution < -0.4 is 10.6 Å². The number of thiazole rings is 1. The second kappa shape index (κ2) is 7.38. The maximum absolute atomic E-state index is 11.8. The van der Waals surface area contributed by atoms with Gasteiger partial charge in [-0.1, -0.05) is 6.07 Å². The lowest BCUT2D eigenvalue weighted by molar-refractivity contribution is -0.121. The van der Waals surface area contributed by atoms with E-state index in [0.717, 1.165) is 10.7 Å². The van der Waals surface area contributed by atoms with Gasteiger partial charge in [0.1, 0.15) is 0 Å². The van der Waals surface area contributed by atoms with Crippen LogP contribution in [-0.4, -0.2) is 27.7 Å². The van der Waals surface area contributed by atoms with Crippen molar-refractivity contribution in [2.45, 2.75) is 19.4 Å². The molecule has 3 rings (SSSR count). The molecule has 3 heterocycles. The van der Waals surface area contributed by atoms with E-state index in [1.54, 1.807) is 17.4 Å². The SMILES string of the molecule is O=C(CCCNC(=O)c1cccs1)NCc1cn2ccsc2n1. The molecule has 2 amide bonds. The molecule has 0 atom stereocenters. The Morgan fingerprint density at radius 3 is 2.91 bits per heavy atom. The molecule has 6 nitrogen and oxygen atoms in total. The van der Waals surface area contributed by atoms with Crippen molar-refractivity contribution in [1.82, 2.24) is 20.0 Å². The van der Waals surface area contributed by atoms with E-state index in [4.69, 9.17) is 0 Å². The molecule has 0 saturated heterocycles. The molecule has 8 heteroatoms. The molecular formula is C15H16N4O2S2. The first-order valence-electron chi connectivity index (χ1n) is 7.22. The normalized spacial score (nSPS) is 10.8. The van der Waals surface area contributed by atoms with E-state index in [9.17, 15) is 9.59 Å². The Balaban J connectivity index is 1.33. The van der Waals surface area contributed by atoms with E-state index in [0.29, 0.717) is 30.8 Å². The number of hydrogen-bond donors (Lipinski definition) is 2. The molecule has 0 aliphatic carbocycles. The third-order valence-corrected chi connectivity index (χ3v) is 4.86. The fourth-order valence-corrected chi connectivity index (χ4v) is 3.44. The second-order valence-electron chi connectivity index (χ2n) is 4.94. The fraction of sp³-hybridized carbons (Fsp3) is 0.267. The minimum absolute atomic E-state index is 0.0354. The molecule has 0 aliphatic rings. The third-order valence-electron chi connectivity index (χ3n) is 3.22. The Morgan fingerprint density at radius 2 is 2.13 bits per heavy atom. The average Bonchev–Trinajstić information content (AvgIpc) is 3.25. The highest BCUT2D eigenvalue weighted by Crippen LogP contribution is 2.11. The summed E-state index contributed by atoms with van der Waals surface area (Å²) in [6, 6.07) is 3.62. The van der Waals surface area contributed by atoms with Crippen LogP contribution in [0.25, 0.3) is 4.96 Å². The summed E-state index contributed by atoms with van der Waals surface area (Å²) in [6.45, 7) is 0.916. The second-order valence-corrected chi connectivity index (χ2v) is 6.76. The van der Waals surface area contributed by atoms with Crippen LogP contribution >= 0.6 is 22.7 Å². The van der Waals surface area contributed by atoms with Crippen molar-refractivity contribution in [3.63, 3.8) is 0 Å². The topological polar surface area (TPSA) is 75.5 Å². The summed E-state index contributed by atoms with van der Waals surface area (Å²) in [7, 11) is 0. The van der Waals surface area contributed by atoms with E-state index in [1.807, 2.05) is 33.6 Å². The van der Waals surface area contributed by atoms with Crippen LogP contribution in [0.15, 0.2) is 35.3 Å². The van der Waals surface area contributed by atoms with Crippen LogP contribution in [0.2, 0.25) is 0 Å². The highest BCUT2D eigenvalue weighted by Gasteiger charge is 2.07. The highest BCUT2D eigenvalue weighted by atomic mass is 32.1. The zero-order valence-electron chi connectivity index (χ0n) is 12.3. The minimum atomic E-state index is -0.0847. The maximum Gasteiger partial charge on any atom is 0.261 e. The van der Waals surface area contributed by atoms with Crippen molar-refractivity contribution in [2.24, 2.45) is 0 Å². The van der Waals surface area contributed by atoms with Gasteiger partial charge in [0.05, 0.1) is 17.1 Å². The average molecular weight is 348 g/mol. The molecule has 3 aromatic heterocycles. The lowest BCUT2D eigenvalue weighted by Gasteiger charge is -2.04. The largest absolute Gasteiger partial charge is 0.351 e. The summed E-state index contributed by atoms with van der Waals surface area (Å²) in [5, 5.41) is 9.48. The van der Waals surface area contributed by atoms with Gasteiger partial charge in [0.2, 0.25) is 5.91 Å². The molecule has 0 spiro atoms. The van der Waals surface area contributed by atoms with Crippen molar-refractivity contribution in [2.75, 3.05) is 6.54 Å². The van der Waals surface area contributed by atoms with Crippen molar-refractivity contribution < 1.29 is 9.59 Å². The summed E-state index contributed by atoms with van der Waals surface area (Å²) in [4.78, 5) is 29.5. The third kappa shape index (κ3) is 4.17. The standard InChI is InChI=1S/C15H16N4O2S2/c20-13(4-1-5-16-14(21)12-3-2-7-22-12)17-9-11-10-19-6-8-23-15(19)18-11/h2-3,6-8,10H,1,4-5,9H2,(H,16,21)(H,17,20). The number of thiophene rings is 1. The number of nitrogens with one attached hydrogen (secondary N) is 2. The van der Waals surface area contributed by atoms with E-state index in [2.05, 4.69) is 15.6 Å². The summed E-state index contributed by atoms with van der Waals surface area (Å²) < 4.78 is 1.94. The molecule has 120 valence electrons. The van der Waals surface area contributed by atoms with Gasteiger partial charge in [0.15, 0.2) is 4.96 Å². The maximum atomic E-state index is 11.8. The summed E-state index contributed by atoms with van der Waals surface area (Å²) >= 11 is 2.96. The Hall–Kier alpha value is -2.19. The van der Waals surface area contributed by atoms with E-state index in [1.165, 1.54) is 11.3 Å². The Bertz CT molecular complexity index is 763. The van der Waals surface area contributed by atoms with Gasteiger partial charge in [0, 0.05) is 30.7 Å². The van der Waals surface area contributed by atoms with Crippen LogP contribution in [0.1, 0.15) is 28.2 Å². The first kappa shape index (κ1) is 15.7. The molecule has 0 bridgehead atoms. The van der Waals surface area contributed by atoms with Gasteiger partial charge in [-0.15, -0.1) is 22.7 Å². The first-order valence-corrected chi connectivity index (χ1v) is 8.98. The summed E-state index contributed by atoms with van der Waals surface area (Å²) in [6.07, 6.45) is 4.84. The van der Waals surface area contributed by atoms with Crippen LogP contribution in [0.4, 0.5) is 0 Å². The number of nitrogens with zero attached hydrogens (tertiary/aromatic N) is 2. The molecule has 2 N–H and O–H groups in total. The predicted molar refractivity (Wildman–Crippen MR) is 90.8 cm³/mol. The number of amides is 2. The highest BCUT2D eigenvalue weighted by molar-refractivity contribution is 7.15. The number of carbonyl (C=O) groups is 2. The summed E-state index contributed by atoms with van der Waals surface area (Å²) in [5.41, 5.74) is 0.844. The molecular weight excluding hydrogens is 332 g/mol. The lowest BCUT2D eigenvalue weighted by Crippen LogP contribution is -2.27. The molecule has 0 unspecified atom stereocenters. The van der Waals surface area contributed by atoms with Gasteiger partial charge in [-0.2, -0.15) is 0 Å². The number of rotatable bonds is 7. The Labute approximate surface area is 141 Å².